The van der Waals surface area contributed by atoms with Crippen molar-refractivity contribution in [3.05, 3.63) is 65.2 Å². The van der Waals surface area contributed by atoms with Crippen molar-refractivity contribution < 1.29 is 22.1 Å². The molecule has 0 aliphatic carbocycles. The lowest BCUT2D eigenvalue weighted by Gasteiger charge is -2.17. The van der Waals surface area contributed by atoms with Crippen molar-refractivity contribution in [2.75, 3.05) is 11.9 Å². The summed E-state index contributed by atoms with van der Waals surface area (Å²) < 4.78 is 33.0. The van der Waals surface area contributed by atoms with Crippen LogP contribution in [0.4, 0.5) is 5.69 Å². The summed E-state index contributed by atoms with van der Waals surface area (Å²) in [7, 11) is -4.43. The highest BCUT2D eigenvalue weighted by Gasteiger charge is 2.21. The molecule has 3 N–H and O–H groups in total. The Labute approximate surface area is 178 Å². The first-order valence-electron chi connectivity index (χ1n) is 9.73. The lowest BCUT2D eigenvalue weighted by atomic mass is 10.0. The smallest absolute Gasteiger partial charge is 0.382 e. The van der Waals surface area contributed by atoms with Crippen molar-refractivity contribution in [3.8, 4) is 11.5 Å². The van der Waals surface area contributed by atoms with Gasteiger partial charge in [-0.1, -0.05) is 43.2 Å². The second-order valence-corrected chi connectivity index (χ2v) is 8.20. The van der Waals surface area contributed by atoms with Gasteiger partial charge in [-0.15, -0.1) is 0 Å². The predicted molar refractivity (Wildman–Crippen MR) is 118 cm³/mol. The Hall–Kier alpha value is -2.84. The summed E-state index contributed by atoms with van der Waals surface area (Å²) in [5.74, 6) is 0.144. The minimum absolute atomic E-state index is 0.112. The van der Waals surface area contributed by atoms with Crippen LogP contribution in [-0.4, -0.2) is 20.9 Å². The van der Waals surface area contributed by atoms with Crippen LogP contribution in [0, 0.1) is 0 Å². The second-order valence-electron chi connectivity index (χ2n) is 7.05. The number of benzene rings is 2. The SMILES string of the molecule is CCCCNc1cc(C(=O)OS(N)(=O)=O)c(CC=C(C)C)cc1Oc1ccccc1. The summed E-state index contributed by atoms with van der Waals surface area (Å²) in [6.45, 7) is 6.61. The zero-order chi connectivity index (χ0) is 22.1. The number of nitrogens with two attached hydrogens (primary N) is 1. The average Bonchev–Trinajstić information content (AvgIpc) is 2.67. The molecule has 2 rings (SSSR count). The summed E-state index contributed by atoms with van der Waals surface area (Å²) in [6.07, 6.45) is 4.24. The number of nitrogens with one attached hydrogen (secondary N) is 1. The summed E-state index contributed by atoms with van der Waals surface area (Å²) in [5.41, 5.74) is 2.30. The maximum atomic E-state index is 12.5. The van der Waals surface area contributed by atoms with Gasteiger partial charge in [0, 0.05) is 6.54 Å². The first kappa shape index (κ1) is 23.4. The highest BCUT2D eigenvalue weighted by atomic mass is 32.2. The summed E-state index contributed by atoms with van der Waals surface area (Å²) in [6, 6.07) is 12.5. The number of anilines is 1. The second kappa shape index (κ2) is 10.8. The van der Waals surface area contributed by atoms with Gasteiger partial charge in [0.15, 0.2) is 5.75 Å². The Kier molecular flexibility index (Phi) is 8.44. The Morgan fingerprint density at radius 2 is 1.87 bits per heavy atom. The number of ether oxygens (including phenoxy) is 1. The quantitative estimate of drug-likeness (QED) is 0.421. The number of hydrogen-bond donors (Lipinski definition) is 2. The molecule has 0 aliphatic rings. The van der Waals surface area contributed by atoms with E-state index >= 15 is 0 Å². The molecule has 0 aromatic heterocycles. The molecule has 0 unspecified atom stereocenters. The van der Waals surface area contributed by atoms with Gasteiger partial charge in [0.05, 0.1) is 11.3 Å². The molecule has 2 aromatic carbocycles. The molecule has 0 saturated heterocycles. The molecule has 0 amide bonds. The molecule has 0 spiro atoms. The van der Waals surface area contributed by atoms with Crippen LogP contribution < -0.4 is 15.2 Å². The van der Waals surface area contributed by atoms with Crippen LogP contribution in [-0.2, 0) is 20.9 Å². The van der Waals surface area contributed by atoms with E-state index in [4.69, 9.17) is 9.88 Å². The number of carbonyl (C=O) groups excluding carboxylic acids is 1. The molecule has 0 radical (unpaired) electrons. The van der Waals surface area contributed by atoms with E-state index in [1.165, 1.54) is 0 Å². The number of rotatable bonds is 10. The highest BCUT2D eigenvalue weighted by molar-refractivity contribution is 7.84. The van der Waals surface area contributed by atoms with Crippen molar-refractivity contribution in [1.29, 1.82) is 0 Å². The van der Waals surface area contributed by atoms with Gasteiger partial charge in [0.25, 0.3) is 0 Å². The standard InChI is InChI=1S/C22H28N2O5S/c1-4-5-13-24-20-15-19(22(25)29-30(23,26)27)17(12-11-16(2)3)14-21(20)28-18-9-7-6-8-10-18/h6-11,14-15,24H,4-5,12-13H2,1-3H3,(H2,23,26,27). The monoisotopic (exact) mass is 432 g/mol. The van der Waals surface area contributed by atoms with E-state index in [2.05, 4.69) is 16.4 Å². The molecule has 0 saturated carbocycles. The van der Waals surface area contributed by atoms with Crippen LogP contribution in [0.1, 0.15) is 49.5 Å². The maximum absolute atomic E-state index is 12.5. The molecule has 2 aromatic rings. The van der Waals surface area contributed by atoms with Crippen LogP contribution in [0.25, 0.3) is 0 Å². The third-order valence-electron chi connectivity index (χ3n) is 4.16. The first-order valence-corrected chi connectivity index (χ1v) is 11.2. The number of unbranched alkanes of at least 4 members (excludes halogenated alkanes) is 1. The number of carbonyl (C=O) groups is 1. The van der Waals surface area contributed by atoms with Crippen LogP contribution in [0.5, 0.6) is 11.5 Å². The van der Waals surface area contributed by atoms with Crippen molar-refractivity contribution in [1.82, 2.24) is 0 Å². The van der Waals surface area contributed by atoms with Gasteiger partial charge in [-0.2, -0.15) is 13.6 Å². The van der Waals surface area contributed by atoms with E-state index in [0.717, 1.165) is 18.4 Å². The molecule has 8 heteroatoms. The topological polar surface area (TPSA) is 108 Å². The Morgan fingerprint density at radius 1 is 1.17 bits per heavy atom. The van der Waals surface area contributed by atoms with E-state index in [1.807, 2.05) is 50.3 Å². The number of hydrogen-bond acceptors (Lipinski definition) is 6. The lowest BCUT2D eigenvalue weighted by molar-refractivity contribution is 0.0746. The summed E-state index contributed by atoms with van der Waals surface area (Å²) in [5, 5.41) is 8.15. The third kappa shape index (κ3) is 7.53. The summed E-state index contributed by atoms with van der Waals surface area (Å²) >= 11 is 0. The van der Waals surface area contributed by atoms with Crippen LogP contribution in [0.15, 0.2) is 54.1 Å². The van der Waals surface area contributed by atoms with Gasteiger partial charge in [0.2, 0.25) is 0 Å². The van der Waals surface area contributed by atoms with Gasteiger partial charge in [0.1, 0.15) is 5.75 Å². The van der Waals surface area contributed by atoms with Gasteiger partial charge in [-0.05, 0) is 56.5 Å². The molecule has 162 valence electrons. The van der Waals surface area contributed by atoms with Crippen molar-refractivity contribution in [2.24, 2.45) is 5.14 Å². The molecule has 0 bridgehead atoms. The molecule has 0 fully saturated rings. The normalized spacial score (nSPS) is 10.9. The minimum atomic E-state index is -4.43. The van der Waals surface area contributed by atoms with Crippen LogP contribution in [0.2, 0.25) is 0 Å². The van der Waals surface area contributed by atoms with Crippen molar-refractivity contribution in [2.45, 2.75) is 40.0 Å². The van der Waals surface area contributed by atoms with Gasteiger partial charge in [-0.25, -0.2) is 4.79 Å². The Morgan fingerprint density at radius 3 is 2.47 bits per heavy atom. The molecular formula is C22H28N2O5S. The predicted octanol–water partition coefficient (Wildman–Crippen LogP) is 4.56. The number of para-hydroxylation sites is 1. The average molecular weight is 433 g/mol. The highest BCUT2D eigenvalue weighted by Crippen LogP contribution is 2.34. The van der Waals surface area contributed by atoms with Gasteiger partial charge < -0.3 is 14.2 Å². The fourth-order valence-electron chi connectivity index (χ4n) is 2.68. The molecule has 0 atom stereocenters. The molecule has 30 heavy (non-hydrogen) atoms. The van der Waals surface area contributed by atoms with Crippen LogP contribution in [0.3, 0.4) is 0 Å². The third-order valence-corrected chi connectivity index (χ3v) is 4.55. The van der Waals surface area contributed by atoms with Gasteiger partial charge >= 0.3 is 16.3 Å². The van der Waals surface area contributed by atoms with E-state index < -0.39 is 16.3 Å². The maximum Gasteiger partial charge on any atom is 0.382 e. The zero-order valence-electron chi connectivity index (χ0n) is 17.5. The summed E-state index contributed by atoms with van der Waals surface area (Å²) in [4.78, 5) is 12.5. The van der Waals surface area contributed by atoms with E-state index in [0.29, 0.717) is 35.7 Å². The largest absolute Gasteiger partial charge is 0.455 e. The number of allylic oxidation sites excluding steroid dienone is 2. The van der Waals surface area contributed by atoms with E-state index in [1.54, 1.807) is 12.1 Å². The Bertz CT molecular complexity index is 998. The van der Waals surface area contributed by atoms with Crippen molar-refractivity contribution >= 4 is 22.0 Å². The zero-order valence-corrected chi connectivity index (χ0v) is 18.3. The molecule has 0 aliphatic heterocycles. The van der Waals surface area contributed by atoms with Crippen molar-refractivity contribution in [3.63, 3.8) is 0 Å². The van der Waals surface area contributed by atoms with Gasteiger partial charge in [-0.3, -0.25) is 0 Å². The minimum Gasteiger partial charge on any atom is -0.455 e. The fraction of sp³-hybridized carbons (Fsp3) is 0.318. The molecule has 7 nitrogen and oxygen atoms in total. The lowest BCUT2D eigenvalue weighted by Crippen LogP contribution is -2.21. The fourth-order valence-corrected chi connectivity index (χ4v) is 2.98. The van der Waals surface area contributed by atoms with Crippen LogP contribution >= 0.6 is 0 Å². The first-order chi connectivity index (χ1) is 14.2. The van der Waals surface area contributed by atoms with E-state index in [-0.39, 0.29) is 5.56 Å². The van der Waals surface area contributed by atoms with E-state index in [9.17, 15) is 13.2 Å². The Balaban J connectivity index is 2.53. The molecule has 0 heterocycles. The molecular weight excluding hydrogens is 404 g/mol.